The fraction of sp³-hybridized carbons (Fsp3) is 0.200. The van der Waals surface area contributed by atoms with E-state index in [0.29, 0.717) is 12.3 Å². The van der Waals surface area contributed by atoms with E-state index < -0.39 is 5.91 Å². The molecule has 4 heteroatoms. The first-order valence-electron chi connectivity index (χ1n) is 4.17. The Morgan fingerprint density at radius 3 is 3.00 bits per heavy atom. The van der Waals surface area contributed by atoms with Crippen LogP contribution in [0.1, 0.15) is 5.56 Å². The lowest BCUT2D eigenvalue weighted by Gasteiger charge is -2.03. The second-order valence-corrected chi connectivity index (χ2v) is 2.91. The van der Waals surface area contributed by atoms with E-state index in [1.54, 1.807) is 6.07 Å². The van der Waals surface area contributed by atoms with E-state index in [1.807, 2.05) is 12.1 Å². The molecule has 0 aliphatic carbocycles. The van der Waals surface area contributed by atoms with Crippen molar-refractivity contribution in [2.24, 2.45) is 0 Å². The number of carbonyl (C=O) groups excluding carboxylic acids is 1. The zero-order valence-corrected chi connectivity index (χ0v) is 7.45. The molecule has 0 bridgehead atoms. The molecular formula is C10H9NO3. The van der Waals surface area contributed by atoms with E-state index in [4.69, 9.17) is 16.4 Å². The van der Waals surface area contributed by atoms with Crippen LogP contribution in [0.2, 0.25) is 0 Å². The van der Waals surface area contributed by atoms with Gasteiger partial charge < -0.3 is 14.8 Å². The highest BCUT2D eigenvalue weighted by Gasteiger charge is 2.12. The summed E-state index contributed by atoms with van der Waals surface area (Å²) in [6.07, 6.45) is 0. The summed E-state index contributed by atoms with van der Waals surface area (Å²) < 4.78 is 10.3. The highest BCUT2D eigenvalue weighted by molar-refractivity contribution is 5.79. The minimum Gasteiger partial charge on any atom is -0.454 e. The Hall–Kier alpha value is -1.71. The van der Waals surface area contributed by atoms with Crippen molar-refractivity contribution < 1.29 is 14.3 Å². The Balaban J connectivity index is 2.09. The molecular weight excluding hydrogens is 182 g/mol. The normalized spacial score (nSPS) is 12.6. The Bertz CT molecular complexity index is 362. The summed E-state index contributed by atoms with van der Waals surface area (Å²) in [5, 5.41) is 2.50. The summed E-state index contributed by atoms with van der Waals surface area (Å²) in [5.74, 6) is 0.893. The second kappa shape index (κ2) is 3.57. The zero-order chi connectivity index (χ0) is 9.97. The summed E-state index contributed by atoms with van der Waals surface area (Å²) in [6.45, 7) is 5.59. The van der Waals surface area contributed by atoms with Crippen molar-refractivity contribution in [3.63, 3.8) is 0 Å². The van der Waals surface area contributed by atoms with E-state index in [-0.39, 0.29) is 6.79 Å². The lowest BCUT2D eigenvalue weighted by Crippen LogP contribution is -2.19. The molecule has 4 nitrogen and oxygen atoms in total. The van der Waals surface area contributed by atoms with Crippen LogP contribution in [0.4, 0.5) is 0 Å². The maximum Gasteiger partial charge on any atom is 0.231 e. The van der Waals surface area contributed by atoms with E-state index >= 15 is 0 Å². The Labute approximate surface area is 81.8 Å². The minimum absolute atomic E-state index is 0.252. The predicted molar refractivity (Wildman–Crippen MR) is 48.7 cm³/mol. The van der Waals surface area contributed by atoms with Crippen molar-refractivity contribution in [1.29, 1.82) is 0 Å². The first kappa shape index (κ1) is 8.87. The van der Waals surface area contributed by atoms with Gasteiger partial charge >= 0.3 is 0 Å². The van der Waals surface area contributed by atoms with Gasteiger partial charge in [0.25, 0.3) is 0 Å². The largest absolute Gasteiger partial charge is 0.454 e. The Morgan fingerprint density at radius 1 is 1.43 bits per heavy atom. The lowest BCUT2D eigenvalue weighted by atomic mass is 10.2. The van der Waals surface area contributed by atoms with Gasteiger partial charge in [0, 0.05) is 6.54 Å². The molecule has 0 saturated heterocycles. The Kier molecular flexibility index (Phi) is 2.26. The number of amides is 1. The second-order valence-electron chi connectivity index (χ2n) is 2.91. The van der Waals surface area contributed by atoms with Gasteiger partial charge in [-0.05, 0) is 17.7 Å². The molecule has 0 aromatic heterocycles. The molecule has 0 spiro atoms. The smallest absolute Gasteiger partial charge is 0.231 e. The number of ether oxygens (including phenoxy) is 2. The molecule has 1 aromatic carbocycles. The maximum absolute atomic E-state index is 10.5. The van der Waals surface area contributed by atoms with Crippen LogP contribution in [0.5, 0.6) is 11.5 Å². The summed E-state index contributed by atoms with van der Waals surface area (Å²) in [7, 11) is 0. The van der Waals surface area contributed by atoms with Gasteiger partial charge in [-0.25, -0.2) is 0 Å². The van der Waals surface area contributed by atoms with Crippen LogP contribution in [0, 0.1) is 6.92 Å². The third kappa shape index (κ3) is 1.79. The van der Waals surface area contributed by atoms with E-state index in [9.17, 15) is 4.79 Å². The molecule has 0 atom stereocenters. The van der Waals surface area contributed by atoms with Crippen LogP contribution in [-0.2, 0) is 11.3 Å². The third-order valence-corrected chi connectivity index (χ3v) is 1.90. The fourth-order valence-corrected chi connectivity index (χ4v) is 1.24. The molecule has 0 fully saturated rings. The highest BCUT2D eigenvalue weighted by atomic mass is 16.7. The van der Waals surface area contributed by atoms with Gasteiger partial charge in [-0.3, -0.25) is 4.79 Å². The molecule has 14 heavy (non-hydrogen) atoms. The van der Waals surface area contributed by atoms with Crippen LogP contribution >= 0.6 is 0 Å². The van der Waals surface area contributed by atoms with Gasteiger partial charge in [0.05, 0.1) is 6.92 Å². The van der Waals surface area contributed by atoms with Crippen LogP contribution in [0.25, 0.3) is 0 Å². The van der Waals surface area contributed by atoms with Crippen molar-refractivity contribution in [1.82, 2.24) is 5.32 Å². The molecule has 1 amide bonds. The van der Waals surface area contributed by atoms with Crippen molar-refractivity contribution in [2.75, 3.05) is 6.79 Å². The molecule has 1 heterocycles. The minimum atomic E-state index is -0.539. The SMILES string of the molecule is [CH]C(=O)NCc1ccc2c(c1)OCO2. The number of hydrogen-bond donors (Lipinski definition) is 1. The topological polar surface area (TPSA) is 47.6 Å². The molecule has 2 radical (unpaired) electrons. The first-order valence-corrected chi connectivity index (χ1v) is 4.17. The average molecular weight is 191 g/mol. The van der Waals surface area contributed by atoms with Crippen molar-refractivity contribution in [3.8, 4) is 11.5 Å². The summed E-state index contributed by atoms with van der Waals surface area (Å²) >= 11 is 0. The van der Waals surface area contributed by atoms with E-state index in [2.05, 4.69) is 5.32 Å². The van der Waals surface area contributed by atoms with Crippen molar-refractivity contribution >= 4 is 5.91 Å². The Morgan fingerprint density at radius 2 is 2.21 bits per heavy atom. The molecule has 1 aliphatic rings. The van der Waals surface area contributed by atoms with Gasteiger partial charge in [-0.1, -0.05) is 6.07 Å². The van der Waals surface area contributed by atoms with E-state index in [0.717, 1.165) is 11.3 Å². The van der Waals surface area contributed by atoms with Gasteiger partial charge in [-0.15, -0.1) is 0 Å². The highest BCUT2D eigenvalue weighted by Crippen LogP contribution is 2.32. The molecule has 1 N–H and O–H groups in total. The monoisotopic (exact) mass is 191 g/mol. The first-order chi connectivity index (χ1) is 6.75. The fourth-order valence-electron chi connectivity index (χ4n) is 1.24. The lowest BCUT2D eigenvalue weighted by molar-refractivity contribution is -0.116. The van der Waals surface area contributed by atoms with Gasteiger partial charge in [-0.2, -0.15) is 0 Å². The van der Waals surface area contributed by atoms with Crippen LogP contribution in [0.3, 0.4) is 0 Å². The average Bonchev–Trinajstić information content (AvgIpc) is 2.61. The molecule has 0 saturated carbocycles. The van der Waals surface area contributed by atoms with Crippen LogP contribution in [0.15, 0.2) is 18.2 Å². The van der Waals surface area contributed by atoms with E-state index in [1.165, 1.54) is 0 Å². The quantitative estimate of drug-likeness (QED) is 0.750. The van der Waals surface area contributed by atoms with Crippen molar-refractivity contribution in [3.05, 3.63) is 30.7 Å². The number of fused-ring (bicyclic) bond motifs is 1. The summed E-state index contributed by atoms with van der Waals surface area (Å²) in [6, 6.07) is 5.47. The van der Waals surface area contributed by atoms with Crippen molar-refractivity contribution in [2.45, 2.75) is 6.54 Å². The number of hydrogen-bond acceptors (Lipinski definition) is 3. The summed E-state index contributed by atoms with van der Waals surface area (Å²) in [4.78, 5) is 10.5. The number of benzene rings is 1. The number of carbonyl (C=O) groups is 1. The van der Waals surface area contributed by atoms with Gasteiger partial charge in [0.15, 0.2) is 11.5 Å². The molecule has 0 unspecified atom stereocenters. The molecule has 2 rings (SSSR count). The third-order valence-electron chi connectivity index (χ3n) is 1.90. The van der Waals surface area contributed by atoms with Crippen LogP contribution in [-0.4, -0.2) is 12.7 Å². The number of rotatable bonds is 2. The zero-order valence-electron chi connectivity index (χ0n) is 7.45. The molecule has 1 aromatic rings. The standard InChI is InChI=1S/C10H9NO3/c1-7(12)11-5-8-2-3-9-10(4-8)14-6-13-9/h1-4H,5-6H2,(H,11,12). The maximum atomic E-state index is 10.5. The van der Waals surface area contributed by atoms with Crippen LogP contribution < -0.4 is 14.8 Å². The molecule has 72 valence electrons. The number of nitrogens with one attached hydrogen (secondary N) is 1. The predicted octanol–water partition coefficient (Wildman–Crippen LogP) is 0.743. The molecule has 1 aliphatic heterocycles. The van der Waals surface area contributed by atoms with Gasteiger partial charge in [0.2, 0.25) is 12.7 Å². The van der Waals surface area contributed by atoms with Gasteiger partial charge in [0.1, 0.15) is 0 Å². The summed E-state index contributed by atoms with van der Waals surface area (Å²) in [5.41, 5.74) is 0.924.